The number of benzene rings is 2. The van der Waals surface area contributed by atoms with Crippen molar-refractivity contribution < 1.29 is 23.2 Å². The average Bonchev–Trinajstić information content (AvgIpc) is 3.23. The van der Waals surface area contributed by atoms with Gasteiger partial charge in [-0.1, -0.05) is 28.4 Å². The molecule has 1 heterocycles. The van der Waals surface area contributed by atoms with Crippen LogP contribution in [-0.4, -0.2) is 29.0 Å². The first-order valence-corrected chi connectivity index (χ1v) is 11.2. The van der Waals surface area contributed by atoms with Crippen molar-refractivity contribution in [2.75, 3.05) is 6.61 Å². The van der Waals surface area contributed by atoms with E-state index in [9.17, 15) is 14.0 Å². The van der Waals surface area contributed by atoms with Crippen LogP contribution in [0.3, 0.4) is 0 Å². The van der Waals surface area contributed by atoms with E-state index in [1.807, 2.05) is 0 Å². The highest BCUT2D eigenvalue weighted by Gasteiger charge is 2.68. The fourth-order valence-electron chi connectivity index (χ4n) is 4.96. The molecule has 3 saturated carbocycles. The Morgan fingerprint density at radius 1 is 1.09 bits per heavy atom. The molecule has 9 heteroatoms. The third kappa shape index (κ3) is 4.35. The normalized spacial score (nSPS) is 22.8. The smallest absolute Gasteiger partial charge is 0.273 e. The van der Waals surface area contributed by atoms with Crippen molar-refractivity contribution in [1.82, 2.24) is 10.5 Å². The van der Waals surface area contributed by atoms with E-state index in [1.54, 1.807) is 30.3 Å². The van der Waals surface area contributed by atoms with E-state index in [4.69, 9.17) is 32.5 Å². The summed E-state index contributed by atoms with van der Waals surface area (Å²) >= 11 is 11.5. The Kier molecular flexibility index (Phi) is 5.41. The van der Waals surface area contributed by atoms with Crippen LogP contribution in [0.2, 0.25) is 10.0 Å². The molecule has 0 saturated heterocycles. The van der Waals surface area contributed by atoms with E-state index in [2.05, 4.69) is 10.5 Å². The van der Waals surface area contributed by atoms with Crippen molar-refractivity contribution >= 4 is 34.9 Å². The molecule has 3 fully saturated rings. The molecule has 0 aliphatic heterocycles. The SMILES string of the molecule is O=C(COc1ccc(Cl)c(F)c1)CC12CC(NC(=O)c3cc(-c4ccc(Cl)cc4)on3)(C1)C2. The number of ketones is 1. The van der Waals surface area contributed by atoms with Gasteiger partial charge in [0, 0.05) is 34.7 Å². The van der Waals surface area contributed by atoms with Gasteiger partial charge < -0.3 is 14.6 Å². The van der Waals surface area contributed by atoms with E-state index in [1.165, 1.54) is 12.1 Å². The highest BCUT2D eigenvalue weighted by molar-refractivity contribution is 6.31. The fraction of sp³-hybridized carbons (Fsp3) is 0.292. The van der Waals surface area contributed by atoms with E-state index in [0.717, 1.165) is 30.9 Å². The molecule has 0 atom stereocenters. The summed E-state index contributed by atoms with van der Waals surface area (Å²) in [7, 11) is 0. The van der Waals surface area contributed by atoms with Gasteiger partial charge in [-0.2, -0.15) is 0 Å². The largest absolute Gasteiger partial charge is 0.486 e. The second kappa shape index (κ2) is 8.15. The minimum absolute atomic E-state index is 0.00159. The van der Waals surface area contributed by atoms with Gasteiger partial charge >= 0.3 is 0 Å². The molecule has 3 aliphatic rings. The number of carbonyl (C=O) groups is 2. The Bertz CT molecular complexity index is 1220. The quantitative estimate of drug-likeness (QED) is 0.454. The second-order valence-corrected chi connectivity index (χ2v) is 9.77. The van der Waals surface area contributed by atoms with Crippen molar-refractivity contribution in [3.05, 3.63) is 70.1 Å². The van der Waals surface area contributed by atoms with Crippen LogP contribution >= 0.6 is 23.2 Å². The van der Waals surface area contributed by atoms with Gasteiger partial charge in [-0.15, -0.1) is 0 Å². The molecule has 1 amide bonds. The van der Waals surface area contributed by atoms with Crippen molar-refractivity contribution in [2.45, 2.75) is 31.2 Å². The second-order valence-electron chi connectivity index (χ2n) is 8.93. The maximum Gasteiger partial charge on any atom is 0.273 e. The molecular weight excluding hydrogens is 470 g/mol. The highest BCUT2D eigenvalue weighted by atomic mass is 35.5. The zero-order chi connectivity index (χ0) is 23.2. The lowest BCUT2D eigenvalue weighted by Gasteiger charge is -2.70. The van der Waals surface area contributed by atoms with E-state index in [0.29, 0.717) is 17.2 Å². The molecule has 0 unspecified atom stereocenters. The summed E-state index contributed by atoms with van der Waals surface area (Å²) in [6.07, 6.45) is 2.56. The van der Waals surface area contributed by atoms with E-state index >= 15 is 0 Å². The number of amides is 1. The van der Waals surface area contributed by atoms with Crippen LogP contribution in [0.4, 0.5) is 4.39 Å². The van der Waals surface area contributed by atoms with Crippen LogP contribution in [-0.2, 0) is 4.79 Å². The molecule has 33 heavy (non-hydrogen) atoms. The maximum atomic E-state index is 13.5. The van der Waals surface area contributed by atoms with Gasteiger partial charge in [-0.25, -0.2) is 4.39 Å². The van der Waals surface area contributed by atoms with E-state index < -0.39 is 5.82 Å². The minimum Gasteiger partial charge on any atom is -0.486 e. The topological polar surface area (TPSA) is 81.4 Å². The molecule has 0 radical (unpaired) electrons. The lowest BCUT2D eigenvalue weighted by molar-refractivity contribution is -0.162. The molecule has 6 nitrogen and oxygen atoms in total. The maximum absolute atomic E-state index is 13.5. The third-order valence-electron chi connectivity index (χ3n) is 6.25. The Hall–Kier alpha value is -2.90. The van der Waals surface area contributed by atoms with Gasteiger partial charge in [0.2, 0.25) is 0 Å². The average molecular weight is 489 g/mol. The molecule has 3 aromatic rings. The Morgan fingerprint density at radius 2 is 1.82 bits per heavy atom. The van der Waals surface area contributed by atoms with Gasteiger partial charge in [0.1, 0.15) is 18.2 Å². The molecular formula is C24H19Cl2FN2O4. The summed E-state index contributed by atoms with van der Waals surface area (Å²) in [6, 6.07) is 12.7. The van der Waals surface area contributed by atoms with Crippen LogP contribution in [0, 0.1) is 11.2 Å². The number of hydrogen-bond donors (Lipinski definition) is 1. The number of rotatable bonds is 8. The van der Waals surface area contributed by atoms with E-state index in [-0.39, 0.29) is 45.7 Å². The molecule has 1 N–H and O–H groups in total. The van der Waals surface area contributed by atoms with Gasteiger partial charge in [0.15, 0.2) is 17.2 Å². The predicted octanol–water partition coefficient (Wildman–Crippen LogP) is 5.48. The van der Waals surface area contributed by atoms with Crippen molar-refractivity contribution in [3.63, 3.8) is 0 Å². The molecule has 1 aromatic heterocycles. The first kappa shape index (κ1) is 21.9. The molecule has 6 rings (SSSR count). The summed E-state index contributed by atoms with van der Waals surface area (Å²) in [4.78, 5) is 25.0. The monoisotopic (exact) mass is 488 g/mol. The lowest BCUT2D eigenvalue weighted by atomic mass is 9.38. The zero-order valence-electron chi connectivity index (χ0n) is 17.4. The van der Waals surface area contributed by atoms with Crippen LogP contribution in [0.25, 0.3) is 11.3 Å². The minimum atomic E-state index is -0.592. The van der Waals surface area contributed by atoms with Crippen molar-refractivity contribution in [1.29, 1.82) is 0 Å². The van der Waals surface area contributed by atoms with Crippen molar-refractivity contribution in [2.24, 2.45) is 5.41 Å². The molecule has 2 aromatic carbocycles. The first-order valence-electron chi connectivity index (χ1n) is 10.4. The molecule has 170 valence electrons. The molecule has 0 spiro atoms. The number of ether oxygens (including phenoxy) is 1. The van der Waals surface area contributed by atoms with Gasteiger partial charge in [0.25, 0.3) is 5.91 Å². The number of nitrogens with zero attached hydrogens (tertiary/aromatic N) is 1. The number of aromatic nitrogens is 1. The standard InChI is InChI=1S/C24H19Cl2FN2O4/c25-15-3-1-14(2-4-15)21-8-20(29-33-21)22(31)28-24-11-23(12-24,13-24)9-16(30)10-32-17-5-6-18(26)19(27)7-17/h1-8H,9-13H2,(H,28,31). The number of hydrogen-bond acceptors (Lipinski definition) is 5. The summed E-state index contributed by atoms with van der Waals surface area (Å²) in [5.41, 5.74) is 0.588. The Labute approximate surface area is 199 Å². The highest BCUT2D eigenvalue weighted by Crippen LogP contribution is 2.69. The van der Waals surface area contributed by atoms with Crippen molar-refractivity contribution in [3.8, 4) is 17.1 Å². The lowest BCUT2D eigenvalue weighted by Crippen LogP contribution is -2.75. The van der Waals surface area contributed by atoms with Crippen LogP contribution in [0.15, 0.2) is 53.1 Å². The molecule has 2 bridgehead atoms. The summed E-state index contributed by atoms with van der Waals surface area (Å²) in [5.74, 6) is -0.207. The van der Waals surface area contributed by atoms with Gasteiger partial charge in [-0.3, -0.25) is 9.59 Å². The summed E-state index contributed by atoms with van der Waals surface area (Å²) in [6.45, 7) is -0.130. The number of Topliss-reactive ketones (excluding diaryl/α,β-unsaturated/α-hetero) is 1. The Morgan fingerprint density at radius 3 is 2.52 bits per heavy atom. The van der Waals surface area contributed by atoms with Crippen LogP contribution in [0.5, 0.6) is 5.75 Å². The summed E-state index contributed by atoms with van der Waals surface area (Å²) < 4.78 is 24.2. The summed E-state index contributed by atoms with van der Waals surface area (Å²) in [5, 5.41) is 7.53. The van der Waals surface area contributed by atoms with Crippen LogP contribution < -0.4 is 10.1 Å². The fourth-order valence-corrected chi connectivity index (χ4v) is 5.20. The Balaban J connectivity index is 1.10. The van der Waals surface area contributed by atoms with Crippen LogP contribution in [0.1, 0.15) is 36.2 Å². The third-order valence-corrected chi connectivity index (χ3v) is 6.81. The number of halogens is 3. The first-order chi connectivity index (χ1) is 15.7. The van der Waals surface area contributed by atoms with Gasteiger partial charge in [0.05, 0.1) is 5.02 Å². The molecule has 3 aliphatic carbocycles. The van der Waals surface area contributed by atoms with Gasteiger partial charge in [-0.05, 0) is 61.1 Å². The predicted molar refractivity (Wildman–Crippen MR) is 120 cm³/mol. The number of nitrogens with one attached hydrogen (secondary N) is 1. The number of carbonyl (C=O) groups excluding carboxylic acids is 2. The zero-order valence-corrected chi connectivity index (χ0v) is 18.9.